The first kappa shape index (κ1) is 21.4. The molecule has 0 aromatic heterocycles. The van der Waals surface area contributed by atoms with E-state index in [-0.39, 0.29) is 0 Å². The lowest BCUT2D eigenvalue weighted by molar-refractivity contribution is 0.294. The van der Waals surface area contributed by atoms with Crippen LogP contribution in [0.3, 0.4) is 0 Å². The van der Waals surface area contributed by atoms with Gasteiger partial charge in [-0.25, -0.2) is 0 Å². The number of benzene rings is 1. The predicted molar refractivity (Wildman–Crippen MR) is 118 cm³/mol. The summed E-state index contributed by atoms with van der Waals surface area (Å²) in [5, 5.41) is 0. The van der Waals surface area contributed by atoms with E-state index in [1.165, 1.54) is 76.2 Å². The summed E-state index contributed by atoms with van der Waals surface area (Å²) < 4.78 is 0. The molecule has 0 saturated heterocycles. The van der Waals surface area contributed by atoms with Gasteiger partial charge in [0.2, 0.25) is 0 Å². The fourth-order valence-electron chi connectivity index (χ4n) is 3.79. The molecular weight excluding hydrogens is 324 g/mol. The number of unbranched alkanes of at least 4 members (excludes halogenated alkanes) is 3. The van der Waals surface area contributed by atoms with Crippen molar-refractivity contribution in [2.75, 3.05) is 0 Å². The number of allylic oxidation sites excluding steroid dienone is 2. The third-order valence-electron chi connectivity index (χ3n) is 5.59. The first-order valence-corrected chi connectivity index (χ1v) is 11.1. The Morgan fingerprint density at radius 3 is 2.26 bits per heavy atom. The standard InChI is InChI=1S/C27H36/c1-3-5-9-13-25-20-22-27(23-21-25)15-11-8-7-10-14-26-18-16-24(17-19-26)12-6-4-2/h7-8,16-19,25,27H,3-6,9,12-13,20-23H2,1-2H3/b8-7+. The molecule has 0 nitrogen and oxygen atoms in total. The highest BCUT2D eigenvalue weighted by Crippen LogP contribution is 2.31. The van der Waals surface area contributed by atoms with Crippen LogP contribution in [0.4, 0.5) is 0 Å². The summed E-state index contributed by atoms with van der Waals surface area (Å²) in [7, 11) is 0. The zero-order valence-electron chi connectivity index (χ0n) is 17.4. The summed E-state index contributed by atoms with van der Waals surface area (Å²) in [4.78, 5) is 0. The van der Waals surface area contributed by atoms with Gasteiger partial charge in [-0.1, -0.05) is 81.8 Å². The number of hydrogen-bond donors (Lipinski definition) is 0. The molecule has 1 aliphatic rings. The van der Waals surface area contributed by atoms with Crippen LogP contribution in [-0.2, 0) is 6.42 Å². The van der Waals surface area contributed by atoms with Crippen molar-refractivity contribution in [3.8, 4) is 23.7 Å². The van der Waals surface area contributed by atoms with Gasteiger partial charge in [0.25, 0.3) is 0 Å². The average molecular weight is 361 g/mol. The SMILES string of the molecule is CCCCCC1CCC(C#C/C=C/C#Cc2ccc(CCCC)cc2)CC1. The third kappa shape index (κ3) is 9.02. The van der Waals surface area contributed by atoms with Crippen LogP contribution >= 0.6 is 0 Å². The molecule has 1 aliphatic carbocycles. The van der Waals surface area contributed by atoms with Crippen molar-refractivity contribution in [1.82, 2.24) is 0 Å². The molecule has 0 spiro atoms. The van der Waals surface area contributed by atoms with Crippen molar-refractivity contribution in [2.24, 2.45) is 11.8 Å². The Morgan fingerprint density at radius 1 is 0.852 bits per heavy atom. The normalized spacial score (nSPS) is 19.2. The number of hydrogen-bond acceptors (Lipinski definition) is 0. The van der Waals surface area contributed by atoms with Gasteiger partial charge in [0.1, 0.15) is 0 Å². The molecule has 144 valence electrons. The van der Waals surface area contributed by atoms with Gasteiger partial charge in [-0.05, 0) is 74.3 Å². The Hall–Kier alpha value is -1.92. The van der Waals surface area contributed by atoms with Crippen molar-refractivity contribution in [2.45, 2.75) is 84.5 Å². The van der Waals surface area contributed by atoms with Crippen LogP contribution in [0.25, 0.3) is 0 Å². The van der Waals surface area contributed by atoms with E-state index < -0.39 is 0 Å². The van der Waals surface area contributed by atoms with E-state index in [9.17, 15) is 0 Å². The molecule has 1 aromatic carbocycles. The second-order valence-electron chi connectivity index (χ2n) is 7.91. The van der Waals surface area contributed by atoms with Gasteiger partial charge in [-0.15, -0.1) is 0 Å². The van der Waals surface area contributed by atoms with Crippen molar-refractivity contribution >= 4 is 0 Å². The van der Waals surface area contributed by atoms with Gasteiger partial charge < -0.3 is 0 Å². The molecule has 0 unspecified atom stereocenters. The Bertz CT molecular complexity index is 661. The minimum atomic E-state index is 0.598. The molecular formula is C27H36. The highest BCUT2D eigenvalue weighted by molar-refractivity contribution is 5.39. The van der Waals surface area contributed by atoms with Crippen LogP contribution in [0.15, 0.2) is 36.4 Å². The minimum Gasteiger partial charge on any atom is -0.0951 e. The molecule has 0 N–H and O–H groups in total. The van der Waals surface area contributed by atoms with E-state index >= 15 is 0 Å². The molecule has 1 aromatic rings. The lowest BCUT2D eigenvalue weighted by Gasteiger charge is -2.25. The Labute approximate surface area is 167 Å². The third-order valence-corrected chi connectivity index (χ3v) is 5.59. The molecule has 1 fully saturated rings. The molecule has 2 rings (SSSR count). The molecule has 0 aliphatic heterocycles. The van der Waals surface area contributed by atoms with Crippen molar-refractivity contribution in [1.29, 1.82) is 0 Å². The van der Waals surface area contributed by atoms with Crippen molar-refractivity contribution in [3.63, 3.8) is 0 Å². The molecule has 1 saturated carbocycles. The fraction of sp³-hybridized carbons (Fsp3) is 0.556. The lowest BCUT2D eigenvalue weighted by atomic mass is 9.80. The Kier molecular flexibility index (Phi) is 10.5. The Morgan fingerprint density at radius 2 is 1.56 bits per heavy atom. The summed E-state index contributed by atoms with van der Waals surface area (Å²) in [5.41, 5.74) is 2.48. The monoisotopic (exact) mass is 360 g/mol. The number of aryl methyl sites for hydroxylation is 1. The van der Waals surface area contributed by atoms with Gasteiger partial charge in [-0.3, -0.25) is 0 Å². The second-order valence-corrected chi connectivity index (χ2v) is 7.91. The van der Waals surface area contributed by atoms with E-state index in [1.807, 2.05) is 12.2 Å². The highest BCUT2D eigenvalue weighted by Gasteiger charge is 2.19. The first-order valence-electron chi connectivity index (χ1n) is 11.1. The zero-order valence-corrected chi connectivity index (χ0v) is 17.4. The highest BCUT2D eigenvalue weighted by atomic mass is 14.2. The molecule has 0 amide bonds. The van der Waals surface area contributed by atoms with E-state index in [0.717, 1.165) is 11.5 Å². The summed E-state index contributed by atoms with van der Waals surface area (Å²) in [5.74, 6) is 14.5. The minimum absolute atomic E-state index is 0.598. The van der Waals surface area contributed by atoms with Gasteiger partial charge in [0, 0.05) is 11.5 Å². The first-order chi connectivity index (χ1) is 13.3. The quantitative estimate of drug-likeness (QED) is 0.353. The maximum Gasteiger partial charge on any atom is 0.0249 e. The van der Waals surface area contributed by atoms with Gasteiger partial charge in [-0.2, -0.15) is 0 Å². The largest absolute Gasteiger partial charge is 0.0951 e. The predicted octanol–water partition coefficient (Wildman–Crippen LogP) is 7.33. The lowest BCUT2D eigenvalue weighted by Crippen LogP contribution is -2.13. The van der Waals surface area contributed by atoms with Crippen LogP contribution in [0, 0.1) is 35.5 Å². The van der Waals surface area contributed by atoms with Gasteiger partial charge >= 0.3 is 0 Å². The maximum atomic E-state index is 3.43. The van der Waals surface area contributed by atoms with Crippen molar-refractivity contribution < 1.29 is 0 Å². The topological polar surface area (TPSA) is 0 Å². The maximum absolute atomic E-state index is 3.43. The van der Waals surface area contributed by atoms with E-state index in [4.69, 9.17) is 0 Å². The van der Waals surface area contributed by atoms with Gasteiger partial charge in [0.15, 0.2) is 0 Å². The summed E-state index contributed by atoms with van der Waals surface area (Å²) in [6.45, 7) is 4.52. The zero-order chi connectivity index (χ0) is 19.2. The van der Waals surface area contributed by atoms with Crippen LogP contribution in [-0.4, -0.2) is 0 Å². The molecule has 0 atom stereocenters. The summed E-state index contributed by atoms with van der Waals surface area (Å²) >= 11 is 0. The van der Waals surface area contributed by atoms with E-state index in [1.54, 1.807) is 0 Å². The number of rotatable bonds is 7. The van der Waals surface area contributed by atoms with Crippen LogP contribution in [0.1, 0.15) is 89.2 Å². The Balaban J connectivity index is 1.69. The van der Waals surface area contributed by atoms with E-state index in [0.29, 0.717) is 5.92 Å². The van der Waals surface area contributed by atoms with Crippen LogP contribution < -0.4 is 0 Å². The second kappa shape index (κ2) is 13.3. The average Bonchev–Trinajstić information content (AvgIpc) is 2.71. The fourth-order valence-corrected chi connectivity index (χ4v) is 3.79. The molecule has 0 heteroatoms. The van der Waals surface area contributed by atoms with Crippen LogP contribution in [0.5, 0.6) is 0 Å². The van der Waals surface area contributed by atoms with Gasteiger partial charge in [0.05, 0.1) is 0 Å². The van der Waals surface area contributed by atoms with Crippen LogP contribution in [0.2, 0.25) is 0 Å². The molecule has 27 heavy (non-hydrogen) atoms. The molecule has 0 radical (unpaired) electrons. The summed E-state index contributed by atoms with van der Waals surface area (Å²) in [6.07, 6.45) is 18.4. The molecule has 0 bridgehead atoms. The summed E-state index contributed by atoms with van der Waals surface area (Å²) in [6, 6.07) is 8.64. The van der Waals surface area contributed by atoms with E-state index in [2.05, 4.69) is 61.8 Å². The molecule has 0 heterocycles. The smallest absolute Gasteiger partial charge is 0.0249 e. The van der Waals surface area contributed by atoms with Crippen molar-refractivity contribution in [3.05, 3.63) is 47.5 Å².